The molecule has 1 saturated heterocycles. The maximum absolute atomic E-state index is 12.1. The van der Waals surface area contributed by atoms with Gasteiger partial charge < -0.3 is 4.90 Å². The monoisotopic (exact) mass is 237 g/mol. The molecular weight excluding hydrogens is 222 g/mol. The van der Waals surface area contributed by atoms with Gasteiger partial charge in [0.05, 0.1) is 0 Å². The molecule has 0 atom stereocenters. The Morgan fingerprint density at radius 3 is 2.88 bits per heavy atom. The molecule has 0 spiro atoms. The van der Waals surface area contributed by atoms with E-state index >= 15 is 0 Å². The van der Waals surface area contributed by atoms with Crippen LogP contribution < -0.4 is 0 Å². The summed E-state index contributed by atoms with van der Waals surface area (Å²) in [5.74, 6) is 2.81. The normalized spacial score (nSPS) is 21.1. The van der Waals surface area contributed by atoms with Gasteiger partial charge in [-0.05, 0) is 18.9 Å². The molecule has 1 saturated carbocycles. The molecule has 2 aliphatic rings. The SMILES string of the molecule is O=C(c1cc(C2CC2)[nH]n1)N1CCSCC1. The van der Waals surface area contributed by atoms with Crippen LogP contribution in [-0.4, -0.2) is 45.6 Å². The quantitative estimate of drug-likeness (QED) is 0.847. The van der Waals surface area contributed by atoms with Crippen LogP contribution in [0, 0.1) is 0 Å². The van der Waals surface area contributed by atoms with Gasteiger partial charge in [0, 0.05) is 36.2 Å². The predicted octanol–water partition coefficient (Wildman–Crippen LogP) is 1.48. The molecule has 1 aliphatic carbocycles. The van der Waals surface area contributed by atoms with Crippen LogP contribution in [0.15, 0.2) is 6.07 Å². The number of nitrogens with one attached hydrogen (secondary N) is 1. The molecule has 3 rings (SSSR count). The fourth-order valence-electron chi connectivity index (χ4n) is 1.98. The second-order valence-electron chi connectivity index (χ2n) is 4.39. The Kier molecular flexibility index (Phi) is 2.63. The Morgan fingerprint density at radius 2 is 2.19 bits per heavy atom. The van der Waals surface area contributed by atoms with E-state index in [-0.39, 0.29) is 5.91 Å². The molecule has 0 unspecified atom stereocenters. The summed E-state index contributed by atoms with van der Waals surface area (Å²) in [5, 5.41) is 7.11. The standard InChI is InChI=1S/C11H15N3OS/c15-11(14-3-5-16-6-4-14)10-7-9(12-13-10)8-1-2-8/h7-8H,1-6H2,(H,12,13). The first-order valence-electron chi connectivity index (χ1n) is 5.77. The number of aromatic amines is 1. The summed E-state index contributed by atoms with van der Waals surface area (Å²) in [5.41, 5.74) is 1.73. The summed E-state index contributed by atoms with van der Waals surface area (Å²) < 4.78 is 0. The van der Waals surface area contributed by atoms with Crippen LogP contribution in [0.25, 0.3) is 0 Å². The molecule has 86 valence electrons. The first-order chi connectivity index (χ1) is 7.84. The van der Waals surface area contributed by atoms with Crippen LogP contribution in [-0.2, 0) is 0 Å². The van der Waals surface area contributed by atoms with E-state index in [1.54, 1.807) is 0 Å². The number of carbonyl (C=O) groups is 1. The highest BCUT2D eigenvalue weighted by Crippen LogP contribution is 2.39. The van der Waals surface area contributed by atoms with Gasteiger partial charge in [-0.25, -0.2) is 0 Å². The van der Waals surface area contributed by atoms with Crippen molar-refractivity contribution in [1.29, 1.82) is 0 Å². The molecule has 1 aromatic heterocycles. The number of amides is 1. The van der Waals surface area contributed by atoms with E-state index in [1.165, 1.54) is 12.8 Å². The summed E-state index contributed by atoms with van der Waals surface area (Å²) in [7, 11) is 0. The van der Waals surface area contributed by atoms with Gasteiger partial charge in [-0.2, -0.15) is 16.9 Å². The van der Waals surface area contributed by atoms with E-state index < -0.39 is 0 Å². The van der Waals surface area contributed by atoms with E-state index in [4.69, 9.17) is 0 Å². The van der Waals surface area contributed by atoms with Gasteiger partial charge in [0.25, 0.3) is 5.91 Å². The Hall–Kier alpha value is -0.970. The highest BCUT2D eigenvalue weighted by atomic mass is 32.2. The number of H-pyrrole nitrogens is 1. The third-order valence-electron chi connectivity index (χ3n) is 3.13. The molecule has 1 amide bonds. The first kappa shape index (κ1) is 10.2. The predicted molar refractivity (Wildman–Crippen MR) is 63.8 cm³/mol. The number of hydrogen-bond acceptors (Lipinski definition) is 3. The molecule has 1 aliphatic heterocycles. The van der Waals surface area contributed by atoms with Crippen LogP contribution in [0.2, 0.25) is 0 Å². The Balaban J connectivity index is 1.71. The van der Waals surface area contributed by atoms with Crippen molar-refractivity contribution in [1.82, 2.24) is 15.1 Å². The zero-order valence-corrected chi connectivity index (χ0v) is 9.92. The fourth-order valence-corrected chi connectivity index (χ4v) is 2.88. The molecule has 1 aromatic rings. The smallest absolute Gasteiger partial charge is 0.274 e. The van der Waals surface area contributed by atoms with Crippen LogP contribution >= 0.6 is 11.8 Å². The minimum Gasteiger partial charge on any atom is -0.336 e. The number of aromatic nitrogens is 2. The number of nitrogens with zero attached hydrogens (tertiary/aromatic N) is 2. The van der Waals surface area contributed by atoms with Crippen molar-refractivity contribution >= 4 is 17.7 Å². The summed E-state index contributed by atoms with van der Waals surface area (Å²) in [4.78, 5) is 14.0. The van der Waals surface area contributed by atoms with E-state index in [2.05, 4.69) is 10.2 Å². The zero-order chi connectivity index (χ0) is 11.0. The van der Waals surface area contributed by atoms with Crippen molar-refractivity contribution < 1.29 is 4.79 Å². The Labute approximate surface area is 98.8 Å². The topological polar surface area (TPSA) is 49.0 Å². The van der Waals surface area contributed by atoms with E-state index in [1.807, 2.05) is 22.7 Å². The minimum absolute atomic E-state index is 0.0865. The average molecular weight is 237 g/mol. The van der Waals surface area contributed by atoms with Gasteiger partial charge in [-0.1, -0.05) is 0 Å². The molecule has 2 heterocycles. The van der Waals surface area contributed by atoms with Crippen molar-refractivity contribution in [2.75, 3.05) is 24.6 Å². The first-order valence-corrected chi connectivity index (χ1v) is 6.92. The van der Waals surface area contributed by atoms with Gasteiger partial charge in [0.1, 0.15) is 5.69 Å². The lowest BCUT2D eigenvalue weighted by Crippen LogP contribution is -2.38. The Bertz CT molecular complexity index is 394. The highest BCUT2D eigenvalue weighted by molar-refractivity contribution is 7.99. The summed E-state index contributed by atoms with van der Waals surface area (Å²) >= 11 is 1.91. The molecule has 1 N–H and O–H groups in total. The molecule has 0 radical (unpaired) electrons. The minimum atomic E-state index is 0.0865. The molecule has 16 heavy (non-hydrogen) atoms. The summed E-state index contributed by atoms with van der Waals surface area (Å²) in [6.45, 7) is 1.71. The number of carbonyl (C=O) groups excluding carboxylic acids is 1. The fraction of sp³-hybridized carbons (Fsp3) is 0.636. The lowest BCUT2D eigenvalue weighted by atomic mass is 10.2. The van der Waals surface area contributed by atoms with Gasteiger partial charge in [-0.3, -0.25) is 9.89 Å². The van der Waals surface area contributed by atoms with E-state index in [0.717, 1.165) is 30.3 Å². The van der Waals surface area contributed by atoms with Gasteiger partial charge in [0.15, 0.2) is 0 Å². The molecule has 0 bridgehead atoms. The molecule has 5 heteroatoms. The molecular formula is C11H15N3OS. The van der Waals surface area contributed by atoms with E-state index in [0.29, 0.717) is 11.6 Å². The maximum Gasteiger partial charge on any atom is 0.274 e. The third kappa shape index (κ3) is 1.96. The Morgan fingerprint density at radius 1 is 1.44 bits per heavy atom. The molecule has 2 fully saturated rings. The second-order valence-corrected chi connectivity index (χ2v) is 5.61. The highest BCUT2D eigenvalue weighted by Gasteiger charge is 2.27. The van der Waals surface area contributed by atoms with Gasteiger partial charge in [-0.15, -0.1) is 0 Å². The second kappa shape index (κ2) is 4.13. The summed E-state index contributed by atoms with van der Waals surface area (Å²) in [6.07, 6.45) is 2.46. The van der Waals surface area contributed by atoms with Crippen molar-refractivity contribution in [3.8, 4) is 0 Å². The number of thioether (sulfide) groups is 1. The summed E-state index contributed by atoms with van der Waals surface area (Å²) in [6, 6.07) is 1.93. The maximum atomic E-state index is 12.1. The van der Waals surface area contributed by atoms with Crippen LogP contribution in [0.1, 0.15) is 34.9 Å². The van der Waals surface area contributed by atoms with E-state index in [9.17, 15) is 4.79 Å². The lowest BCUT2D eigenvalue weighted by molar-refractivity contribution is 0.0766. The van der Waals surface area contributed by atoms with Crippen molar-refractivity contribution in [3.05, 3.63) is 17.5 Å². The van der Waals surface area contributed by atoms with Crippen molar-refractivity contribution in [2.24, 2.45) is 0 Å². The van der Waals surface area contributed by atoms with Crippen molar-refractivity contribution in [2.45, 2.75) is 18.8 Å². The largest absolute Gasteiger partial charge is 0.336 e. The average Bonchev–Trinajstić information content (AvgIpc) is 3.08. The number of hydrogen-bond donors (Lipinski definition) is 1. The molecule has 0 aromatic carbocycles. The zero-order valence-electron chi connectivity index (χ0n) is 9.11. The van der Waals surface area contributed by atoms with Gasteiger partial charge in [0.2, 0.25) is 0 Å². The van der Waals surface area contributed by atoms with Crippen LogP contribution in [0.5, 0.6) is 0 Å². The van der Waals surface area contributed by atoms with Crippen molar-refractivity contribution in [3.63, 3.8) is 0 Å². The molecule has 4 nitrogen and oxygen atoms in total. The number of rotatable bonds is 2. The third-order valence-corrected chi connectivity index (χ3v) is 4.07. The van der Waals surface area contributed by atoms with Crippen LogP contribution in [0.4, 0.5) is 0 Å². The van der Waals surface area contributed by atoms with Gasteiger partial charge >= 0.3 is 0 Å². The van der Waals surface area contributed by atoms with Crippen LogP contribution in [0.3, 0.4) is 0 Å². The lowest BCUT2D eigenvalue weighted by Gasteiger charge is -2.25.